The second kappa shape index (κ2) is 8.39. The Balaban J connectivity index is 2.93. The van der Waals surface area contributed by atoms with E-state index in [1.807, 2.05) is 13.8 Å². The third kappa shape index (κ3) is 5.32. The Bertz CT molecular complexity index is 526. The van der Waals surface area contributed by atoms with Gasteiger partial charge >= 0.3 is 0 Å². The van der Waals surface area contributed by atoms with Crippen LogP contribution < -0.4 is 4.74 Å². The number of ether oxygens (including phenoxy) is 2. The predicted molar refractivity (Wildman–Crippen MR) is 84.9 cm³/mol. The minimum absolute atomic E-state index is 0.215. The van der Waals surface area contributed by atoms with Gasteiger partial charge in [0.2, 0.25) is 0 Å². The molecule has 1 rings (SSSR count). The zero-order chi connectivity index (χ0) is 15.9. The van der Waals surface area contributed by atoms with Gasteiger partial charge in [-0.2, -0.15) is 0 Å². The van der Waals surface area contributed by atoms with Crippen LogP contribution in [0.25, 0.3) is 0 Å². The summed E-state index contributed by atoms with van der Waals surface area (Å²) in [5, 5.41) is 0. The van der Waals surface area contributed by atoms with Crippen LogP contribution in [0.4, 0.5) is 0 Å². The molecule has 120 valence electrons. The fraction of sp³-hybridized carbons (Fsp3) is 0.625. The second-order valence-corrected chi connectivity index (χ2v) is 7.30. The maximum atomic E-state index is 12.5. The van der Waals surface area contributed by atoms with Gasteiger partial charge in [0.05, 0.1) is 17.3 Å². The first-order chi connectivity index (χ1) is 9.92. The Morgan fingerprint density at radius 2 is 1.67 bits per heavy atom. The van der Waals surface area contributed by atoms with Crippen LogP contribution in [0.3, 0.4) is 0 Å². The summed E-state index contributed by atoms with van der Waals surface area (Å²) in [6, 6.07) is 3.57. The number of hydrogen-bond donors (Lipinski definition) is 0. The molecule has 0 bridgehead atoms. The number of hydrogen-bond acceptors (Lipinski definition) is 4. The lowest BCUT2D eigenvalue weighted by Crippen LogP contribution is -2.11. The summed E-state index contributed by atoms with van der Waals surface area (Å²) in [5.74, 6) is 0.904. The molecule has 0 aromatic heterocycles. The molecule has 0 aliphatic heterocycles. The van der Waals surface area contributed by atoms with Gasteiger partial charge in [0, 0.05) is 7.11 Å². The first kappa shape index (κ1) is 18.0. The zero-order valence-corrected chi connectivity index (χ0v) is 14.3. The number of sulfone groups is 1. The van der Waals surface area contributed by atoms with E-state index in [4.69, 9.17) is 9.47 Å². The minimum atomic E-state index is -3.22. The minimum Gasteiger partial charge on any atom is -0.491 e. The van der Waals surface area contributed by atoms with Crippen molar-refractivity contribution in [1.82, 2.24) is 0 Å². The highest BCUT2D eigenvalue weighted by molar-refractivity contribution is 7.91. The first-order valence-corrected chi connectivity index (χ1v) is 9.03. The van der Waals surface area contributed by atoms with Crippen molar-refractivity contribution in [2.75, 3.05) is 26.1 Å². The first-order valence-electron chi connectivity index (χ1n) is 7.38. The van der Waals surface area contributed by atoms with Crippen molar-refractivity contribution in [1.29, 1.82) is 0 Å². The van der Waals surface area contributed by atoms with E-state index in [1.165, 1.54) is 0 Å². The van der Waals surface area contributed by atoms with Gasteiger partial charge in [-0.05, 0) is 43.5 Å². The molecule has 0 unspecified atom stereocenters. The van der Waals surface area contributed by atoms with Gasteiger partial charge in [-0.3, -0.25) is 0 Å². The molecule has 0 saturated carbocycles. The molecule has 0 aliphatic carbocycles. The van der Waals surface area contributed by atoms with Crippen LogP contribution in [0, 0.1) is 13.8 Å². The van der Waals surface area contributed by atoms with Gasteiger partial charge in [0.25, 0.3) is 0 Å². The number of methoxy groups -OCH3 is 1. The lowest BCUT2D eigenvalue weighted by molar-refractivity contribution is 0.146. The quantitative estimate of drug-likeness (QED) is 0.656. The van der Waals surface area contributed by atoms with E-state index in [0.29, 0.717) is 30.3 Å². The fourth-order valence-corrected chi connectivity index (χ4v) is 4.26. The highest BCUT2D eigenvalue weighted by Gasteiger charge is 2.20. The van der Waals surface area contributed by atoms with Crippen molar-refractivity contribution in [2.24, 2.45) is 0 Å². The van der Waals surface area contributed by atoms with Crippen molar-refractivity contribution < 1.29 is 17.9 Å². The molecule has 0 saturated heterocycles. The Labute approximate surface area is 128 Å². The average molecular weight is 314 g/mol. The molecule has 1 aromatic carbocycles. The van der Waals surface area contributed by atoms with Crippen molar-refractivity contribution >= 4 is 9.84 Å². The zero-order valence-electron chi connectivity index (χ0n) is 13.4. The lowest BCUT2D eigenvalue weighted by atomic mass is 10.1. The smallest absolute Gasteiger partial charge is 0.178 e. The number of unbranched alkanes of at least 4 members (excludes halogenated alkanes) is 2. The summed E-state index contributed by atoms with van der Waals surface area (Å²) in [7, 11) is -1.60. The highest BCUT2D eigenvalue weighted by atomic mass is 32.2. The van der Waals surface area contributed by atoms with E-state index in [2.05, 4.69) is 6.92 Å². The molecule has 0 atom stereocenters. The molecular weight excluding hydrogens is 288 g/mol. The van der Waals surface area contributed by atoms with Crippen molar-refractivity contribution in [3.05, 3.63) is 23.3 Å². The van der Waals surface area contributed by atoms with Gasteiger partial charge < -0.3 is 9.47 Å². The third-order valence-electron chi connectivity index (χ3n) is 3.32. The maximum absolute atomic E-state index is 12.5. The van der Waals surface area contributed by atoms with Crippen molar-refractivity contribution in [3.8, 4) is 5.75 Å². The Morgan fingerprint density at radius 1 is 1.05 bits per heavy atom. The molecule has 1 aromatic rings. The average Bonchev–Trinajstić information content (AvgIpc) is 2.38. The van der Waals surface area contributed by atoms with Crippen LogP contribution in [-0.4, -0.2) is 34.5 Å². The van der Waals surface area contributed by atoms with E-state index < -0.39 is 9.84 Å². The SMILES string of the molecule is CCCCCS(=O)(=O)c1c(C)cc(OCCOC)cc1C. The summed E-state index contributed by atoms with van der Waals surface area (Å²) in [6.07, 6.45) is 2.67. The van der Waals surface area contributed by atoms with E-state index in [1.54, 1.807) is 19.2 Å². The van der Waals surface area contributed by atoms with Crippen LogP contribution >= 0.6 is 0 Å². The number of rotatable bonds is 9. The van der Waals surface area contributed by atoms with Crippen LogP contribution in [0.2, 0.25) is 0 Å². The summed E-state index contributed by atoms with van der Waals surface area (Å²) in [5.41, 5.74) is 1.50. The van der Waals surface area contributed by atoms with E-state index >= 15 is 0 Å². The molecule has 0 aliphatic rings. The molecule has 0 amide bonds. The van der Waals surface area contributed by atoms with Gasteiger partial charge in [0.15, 0.2) is 9.84 Å². The van der Waals surface area contributed by atoms with Crippen LogP contribution in [0.5, 0.6) is 5.75 Å². The molecule has 0 heterocycles. The summed E-state index contributed by atoms with van der Waals surface area (Å²) >= 11 is 0. The summed E-state index contributed by atoms with van der Waals surface area (Å²) in [6.45, 7) is 6.67. The van der Waals surface area contributed by atoms with E-state index in [-0.39, 0.29) is 5.75 Å². The summed E-state index contributed by atoms with van der Waals surface area (Å²) in [4.78, 5) is 0.456. The van der Waals surface area contributed by atoms with Gasteiger partial charge in [-0.25, -0.2) is 8.42 Å². The Kier molecular flexibility index (Phi) is 7.18. The van der Waals surface area contributed by atoms with Gasteiger partial charge in [-0.15, -0.1) is 0 Å². The standard InChI is InChI=1S/C16H26O4S/c1-5-6-7-10-21(17,18)16-13(2)11-15(12-14(16)3)20-9-8-19-4/h11-12H,5-10H2,1-4H3. The van der Waals surface area contributed by atoms with Crippen molar-refractivity contribution in [3.63, 3.8) is 0 Å². The number of aryl methyl sites for hydroxylation is 2. The molecule has 0 N–H and O–H groups in total. The molecule has 0 spiro atoms. The molecule has 0 radical (unpaired) electrons. The normalized spacial score (nSPS) is 11.6. The highest BCUT2D eigenvalue weighted by Crippen LogP contribution is 2.27. The third-order valence-corrected chi connectivity index (χ3v) is 5.41. The lowest BCUT2D eigenvalue weighted by Gasteiger charge is -2.14. The second-order valence-electron chi connectivity index (χ2n) is 5.25. The molecular formula is C16H26O4S. The molecule has 21 heavy (non-hydrogen) atoms. The van der Waals surface area contributed by atoms with Crippen LogP contribution in [-0.2, 0) is 14.6 Å². The van der Waals surface area contributed by atoms with E-state index in [0.717, 1.165) is 24.0 Å². The van der Waals surface area contributed by atoms with Crippen LogP contribution in [0.15, 0.2) is 17.0 Å². The maximum Gasteiger partial charge on any atom is 0.178 e. The number of benzene rings is 1. The monoisotopic (exact) mass is 314 g/mol. The van der Waals surface area contributed by atoms with E-state index in [9.17, 15) is 8.42 Å². The van der Waals surface area contributed by atoms with Crippen LogP contribution in [0.1, 0.15) is 37.3 Å². The molecule has 0 fully saturated rings. The van der Waals surface area contributed by atoms with Gasteiger partial charge in [0.1, 0.15) is 12.4 Å². The molecule has 4 nitrogen and oxygen atoms in total. The fourth-order valence-electron chi connectivity index (χ4n) is 2.37. The molecule has 5 heteroatoms. The largest absolute Gasteiger partial charge is 0.491 e. The topological polar surface area (TPSA) is 52.6 Å². The Hall–Kier alpha value is -1.07. The summed E-state index contributed by atoms with van der Waals surface area (Å²) < 4.78 is 35.4. The van der Waals surface area contributed by atoms with Gasteiger partial charge in [-0.1, -0.05) is 19.8 Å². The Morgan fingerprint density at radius 3 is 2.19 bits per heavy atom. The predicted octanol–water partition coefficient (Wildman–Crippen LogP) is 3.29. The van der Waals surface area contributed by atoms with Crippen molar-refractivity contribution in [2.45, 2.75) is 44.9 Å².